The lowest BCUT2D eigenvalue weighted by Gasteiger charge is -2.39. The topological polar surface area (TPSA) is 49.4 Å². The summed E-state index contributed by atoms with van der Waals surface area (Å²) in [6.45, 7) is 1.70. The maximum atomic E-state index is 14.8. The van der Waals surface area contributed by atoms with Crippen molar-refractivity contribution in [1.29, 1.82) is 0 Å². The molecular weight excluding hydrogens is 398 g/mol. The number of benzene rings is 3. The lowest BCUT2D eigenvalue weighted by Crippen LogP contribution is -2.59. The Labute approximate surface area is 178 Å². The van der Waals surface area contributed by atoms with Crippen molar-refractivity contribution in [2.45, 2.75) is 18.9 Å². The molecule has 0 aromatic heterocycles. The Bertz CT molecular complexity index is 1170. The molecule has 3 aromatic rings. The van der Waals surface area contributed by atoms with Crippen molar-refractivity contribution in [2.24, 2.45) is 0 Å². The molecule has 1 unspecified atom stereocenters. The van der Waals surface area contributed by atoms with Gasteiger partial charge in [-0.2, -0.15) is 0 Å². The Hall–Kier alpha value is -3.98. The molecule has 0 spiro atoms. The number of carbonyl (C=O) groups excluding carboxylic acids is 2. The zero-order valence-corrected chi connectivity index (χ0v) is 16.7. The summed E-state index contributed by atoms with van der Waals surface area (Å²) in [6.07, 6.45) is -0.142. The van der Waals surface area contributed by atoms with Crippen molar-refractivity contribution >= 4 is 17.6 Å². The van der Waals surface area contributed by atoms with E-state index in [2.05, 4.69) is 17.2 Å². The van der Waals surface area contributed by atoms with Gasteiger partial charge in [0.2, 0.25) is 5.91 Å². The molecule has 6 heteroatoms. The van der Waals surface area contributed by atoms with Gasteiger partial charge >= 0.3 is 6.03 Å². The zero-order chi connectivity index (χ0) is 22.0. The van der Waals surface area contributed by atoms with E-state index >= 15 is 0 Å². The van der Waals surface area contributed by atoms with Crippen LogP contribution in [0.4, 0.5) is 19.3 Å². The summed E-state index contributed by atoms with van der Waals surface area (Å²) in [7, 11) is 0. The van der Waals surface area contributed by atoms with E-state index < -0.39 is 34.8 Å². The first-order valence-electron chi connectivity index (χ1n) is 9.64. The molecule has 31 heavy (non-hydrogen) atoms. The van der Waals surface area contributed by atoms with Gasteiger partial charge in [-0.1, -0.05) is 60.4 Å². The van der Waals surface area contributed by atoms with Crippen LogP contribution in [0.15, 0.2) is 72.8 Å². The number of hydrogen-bond donors (Lipinski definition) is 1. The van der Waals surface area contributed by atoms with Crippen molar-refractivity contribution in [1.82, 2.24) is 5.32 Å². The summed E-state index contributed by atoms with van der Waals surface area (Å²) in [5, 5.41) is 2.71. The number of nitrogens with zero attached hydrogens (tertiary/aromatic N) is 1. The molecule has 1 heterocycles. The molecule has 3 amide bonds. The van der Waals surface area contributed by atoms with Crippen LogP contribution >= 0.6 is 0 Å². The van der Waals surface area contributed by atoms with Crippen LogP contribution in [0, 0.1) is 23.5 Å². The van der Waals surface area contributed by atoms with E-state index in [-0.39, 0.29) is 12.0 Å². The second-order valence-corrected chi connectivity index (χ2v) is 7.44. The Morgan fingerprint density at radius 2 is 1.42 bits per heavy atom. The van der Waals surface area contributed by atoms with E-state index in [0.717, 1.165) is 17.7 Å². The Kier molecular flexibility index (Phi) is 5.26. The summed E-state index contributed by atoms with van der Waals surface area (Å²) >= 11 is 0. The lowest BCUT2D eigenvalue weighted by molar-refractivity contribution is -0.120. The monoisotopic (exact) mass is 416 g/mol. The Balaban J connectivity index is 1.64. The quantitative estimate of drug-likeness (QED) is 0.615. The number of hydrogen-bond acceptors (Lipinski definition) is 2. The van der Waals surface area contributed by atoms with Gasteiger partial charge in [0, 0.05) is 11.1 Å². The SMILES string of the molecule is CC1(c2ccccc2)CC(=O)N(c2c(F)cc(C#Cc3ccccc3)cc2F)C(=O)N1. The van der Waals surface area contributed by atoms with Crippen LogP contribution in [-0.2, 0) is 10.3 Å². The van der Waals surface area contributed by atoms with Crippen LogP contribution in [0.5, 0.6) is 0 Å². The first-order chi connectivity index (χ1) is 14.9. The molecule has 1 saturated heterocycles. The zero-order valence-electron chi connectivity index (χ0n) is 16.7. The van der Waals surface area contributed by atoms with Gasteiger partial charge in [0.05, 0.1) is 12.0 Å². The van der Waals surface area contributed by atoms with Gasteiger partial charge in [0.1, 0.15) is 5.69 Å². The predicted molar refractivity (Wildman–Crippen MR) is 113 cm³/mol. The van der Waals surface area contributed by atoms with E-state index in [1.165, 1.54) is 0 Å². The van der Waals surface area contributed by atoms with E-state index in [1.54, 1.807) is 55.5 Å². The van der Waals surface area contributed by atoms with Gasteiger partial charge in [-0.15, -0.1) is 0 Å². The molecule has 0 radical (unpaired) electrons. The predicted octanol–water partition coefficient (Wildman–Crippen LogP) is 4.73. The van der Waals surface area contributed by atoms with Crippen LogP contribution < -0.4 is 10.2 Å². The third kappa shape index (κ3) is 4.03. The molecule has 0 aliphatic carbocycles. The Morgan fingerprint density at radius 3 is 2.00 bits per heavy atom. The Morgan fingerprint density at radius 1 is 0.871 bits per heavy atom. The standard InChI is InChI=1S/C25H18F2N2O2/c1-25(19-10-6-3-7-11-19)16-22(30)29(24(31)28-25)23-20(26)14-18(15-21(23)27)13-12-17-8-4-2-5-9-17/h2-11,14-15H,16H2,1H3,(H,28,31). The average molecular weight is 416 g/mol. The van der Waals surface area contributed by atoms with Crippen LogP contribution in [0.2, 0.25) is 0 Å². The number of urea groups is 1. The van der Waals surface area contributed by atoms with Gasteiger partial charge < -0.3 is 5.32 Å². The summed E-state index contributed by atoms with van der Waals surface area (Å²) in [4.78, 5) is 26.0. The van der Waals surface area contributed by atoms with Crippen molar-refractivity contribution < 1.29 is 18.4 Å². The number of amides is 3. The highest BCUT2D eigenvalue weighted by Crippen LogP contribution is 2.33. The smallest absolute Gasteiger partial charge is 0.328 e. The molecule has 1 N–H and O–H groups in total. The number of anilines is 1. The molecule has 154 valence electrons. The summed E-state index contributed by atoms with van der Waals surface area (Å²) in [6, 6.07) is 19.1. The normalized spacial score (nSPS) is 18.2. The van der Waals surface area contributed by atoms with Gasteiger partial charge in [-0.3, -0.25) is 4.79 Å². The third-order valence-corrected chi connectivity index (χ3v) is 5.12. The minimum Gasteiger partial charge on any atom is -0.328 e. The fraction of sp³-hybridized carbons (Fsp3) is 0.120. The molecule has 0 saturated carbocycles. The lowest BCUT2D eigenvalue weighted by atomic mass is 9.86. The molecule has 4 rings (SSSR count). The number of nitrogens with one attached hydrogen (secondary N) is 1. The third-order valence-electron chi connectivity index (χ3n) is 5.12. The number of imide groups is 1. The van der Waals surface area contributed by atoms with Gasteiger partial charge in [0.25, 0.3) is 0 Å². The molecule has 0 bridgehead atoms. The van der Waals surface area contributed by atoms with E-state index in [1.807, 2.05) is 12.1 Å². The molecule has 1 aliphatic rings. The maximum absolute atomic E-state index is 14.8. The highest BCUT2D eigenvalue weighted by atomic mass is 19.1. The van der Waals surface area contributed by atoms with Crippen LogP contribution in [0.25, 0.3) is 0 Å². The first-order valence-corrected chi connectivity index (χ1v) is 9.64. The number of halogens is 2. The summed E-state index contributed by atoms with van der Waals surface area (Å²) in [5.41, 5.74) is -0.161. The molecular formula is C25H18F2N2O2. The van der Waals surface area contributed by atoms with Gasteiger partial charge in [-0.05, 0) is 36.8 Å². The van der Waals surface area contributed by atoms with Crippen molar-refractivity contribution in [3.8, 4) is 11.8 Å². The number of carbonyl (C=O) groups is 2. The van der Waals surface area contributed by atoms with Crippen LogP contribution in [-0.4, -0.2) is 11.9 Å². The highest BCUT2D eigenvalue weighted by molar-refractivity contribution is 6.16. The fourth-order valence-corrected chi connectivity index (χ4v) is 3.55. The second kappa shape index (κ2) is 8.04. The minimum atomic E-state index is -1.04. The second-order valence-electron chi connectivity index (χ2n) is 7.44. The van der Waals surface area contributed by atoms with E-state index in [9.17, 15) is 18.4 Å². The minimum absolute atomic E-state index is 0.0987. The van der Waals surface area contributed by atoms with Crippen LogP contribution in [0.1, 0.15) is 30.0 Å². The summed E-state index contributed by atoms with van der Waals surface area (Å²) < 4.78 is 29.6. The summed E-state index contributed by atoms with van der Waals surface area (Å²) in [5.74, 6) is 2.74. The van der Waals surface area contributed by atoms with Crippen LogP contribution in [0.3, 0.4) is 0 Å². The first kappa shape index (κ1) is 20.3. The van der Waals surface area contributed by atoms with Gasteiger partial charge in [-0.25, -0.2) is 18.5 Å². The van der Waals surface area contributed by atoms with E-state index in [0.29, 0.717) is 10.5 Å². The highest BCUT2D eigenvalue weighted by Gasteiger charge is 2.43. The average Bonchev–Trinajstić information content (AvgIpc) is 2.75. The van der Waals surface area contributed by atoms with Gasteiger partial charge in [0.15, 0.2) is 11.6 Å². The molecule has 1 atom stereocenters. The largest absolute Gasteiger partial charge is 0.329 e. The van der Waals surface area contributed by atoms with E-state index in [4.69, 9.17) is 0 Å². The molecule has 1 fully saturated rings. The maximum Gasteiger partial charge on any atom is 0.329 e. The molecule has 4 nitrogen and oxygen atoms in total. The van der Waals surface area contributed by atoms with Crippen molar-refractivity contribution in [3.63, 3.8) is 0 Å². The number of rotatable bonds is 2. The van der Waals surface area contributed by atoms with Crippen molar-refractivity contribution in [2.75, 3.05) is 4.90 Å². The molecule has 3 aromatic carbocycles. The fourth-order valence-electron chi connectivity index (χ4n) is 3.55. The van der Waals surface area contributed by atoms with Crippen molar-refractivity contribution in [3.05, 3.63) is 101 Å². The molecule has 1 aliphatic heterocycles.